The van der Waals surface area contributed by atoms with E-state index in [1.807, 2.05) is 37.3 Å². The predicted octanol–water partition coefficient (Wildman–Crippen LogP) is 2.16. The Hall–Kier alpha value is -1.68. The molecule has 0 heterocycles. The maximum Gasteiger partial charge on any atom is 0.308 e. The second kappa shape index (κ2) is 5.97. The third-order valence-corrected chi connectivity index (χ3v) is 3.75. The highest BCUT2D eigenvalue weighted by atomic mass is 16.4. The van der Waals surface area contributed by atoms with E-state index in [0.29, 0.717) is 12.8 Å². The summed E-state index contributed by atoms with van der Waals surface area (Å²) in [7, 11) is 0. The van der Waals surface area contributed by atoms with E-state index in [0.717, 1.165) is 5.56 Å². The summed E-state index contributed by atoms with van der Waals surface area (Å²) in [6.45, 7) is 2.02. The molecule has 3 atom stereocenters. The first-order valence-electron chi connectivity index (χ1n) is 6.63. The van der Waals surface area contributed by atoms with Gasteiger partial charge in [0.25, 0.3) is 0 Å². The van der Waals surface area contributed by atoms with Crippen molar-refractivity contribution in [2.24, 2.45) is 5.92 Å². The Morgan fingerprint density at radius 2 is 2.05 bits per heavy atom. The first-order valence-corrected chi connectivity index (χ1v) is 6.63. The molecule has 0 aliphatic heterocycles. The van der Waals surface area contributed by atoms with Crippen molar-refractivity contribution >= 4 is 11.8 Å². The number of carboxylic acid groups (broad SMARTS) is 1. The summed E-state index contributed by atoms with van der Waals surface area (Å²) < 4.78 is 0. The first kappa shape index (κ1) is 13.7. The molecule has 0 spiro atoms. The fourth-order valence-electron chi connectivity index (χ4n) is 2.63. The van der Waals surface area contributed by atoms with Crippen LogP contribution in [-0.4, -0.2) is 22.9 Å². The molecular weight excluding hydrogens is 242 g/mol. The number of rotatable bonds is 4. The van der Waals surface area contributed by atoms with Crippen LogP contribution in [0.1, 0.15) is 37.8 Å². The van der Waals surface area contributed by atoms with Crippen LogP contribution in [0.2, 0.25) is 0 Å². The van der Waals surface area contributed by atoms with E-state index < -0.39 is 11.9 Å². The van der Waals surface area contributed by atoms with Crippen molar-refractivity contribution in [3.63, 3.8) is 0 Å². The zero-order valence-corrected chi connectivity index (χ0v) is 11.0. The van der Waals surface area contributed by atoms with E-state index in [-0.39, 0.29) is 24.3 Å². The molecule has 0 aromatic heterocycles. The van der Waals surface area contributed by atoms with Gasteiger partial charge in [0.2, 0.25) is 0 Å². The number of carbonyl (C=O) groups excluding carboxylic acids is 1. The predicted molar refractivity (Wildman–Crippen MR) is 71.8 cm³/mol. The number of hydrogen-bond donors (Lipinski definition) is 2. The van der Waals surface area contributed by atoms with Gasteiger partial charge in [-0.05, 0) is 18.9 Å². The number of hydrogen-bond acceptors (Lipinski definition) is 3. The van der Waals surface area contributed by atoms with Gasteiger partial charge < -0.3 is 10.4 Å². The smallest absolute Gasteiger partial charge is 0.308 e. The van der Waals surface area contributed by atoms with Gasteiger partial charge in [0.05, 0.1) is 5.92 Å². The summed E-state index contributed by atoms with van der Waals surface area (Å²) in [4.78, 5) is 22.6. The number of benzene rings is 1. The van der Waals surface area contributed by atoms with E-state index in [9.17, 15) is 14.7 Å². The van der Waals surface area contributed by atoms with Gasteiger partial charge in [0, 0.05) is 24.9 Å². The Morgan fingerprint density at radius 3 is 2.68 bits per heavy atom. The van der Waals surface area contributed by atoms with Gasteiger partial charge in [0.15, 0.2) is 0 Å². The Morgan fingerprint density at radius 1 is 1.37 bits per heavy atom. The van der Waals surface area contributed by atoms with Crippen LogP contribution in [0.5, 0.6) is 0 Å². The highest BCUT2D eigenvalue weighted by molar-refractivity contribution is 5.85. The van der Waals surface area contributed by atoms with Gasteiger partial charge in [-0.2, -0.15) is 0 Å². The van der Waals surface area contributed by atoms with Crippen molar-refractivity contribution in [1.82, 2.24) is 5.32 Å². The molecule has 0 bridgehead atoms. The zero-order chi connectivity index (χ0) is 13.8. The molecule has 19 heavy (non-hydrogen) atoms. The second-order valence-electron chi connectivity index (χ2n) is 5.13. The van der Waals surface area contributed by atoms with Crippen LogP contribution < -0.4 is 5.32 Å². The highest BCUT2D eigenvalue weighted by Gasteiger charge is 2.35. The Kier molecular flexibility index (Phi) is 4.32. The molecule has 1 aromatic rings. The van der Waals surface area contributed by atoms with Crippen LogP contribution >= 0.6 is 0 Å². The number of Topliss-reactive ketones (excluding diaryl/α,β-unsaturated/α-hetero) is 1. The zero-order valence-electron chi connectivity index (χ0n) is 11.0. The SMILES string of the molecule is C[C@H](NC1CCC(=O)CC1C(=O)O)c1ccccc1. The van der Waals surface area contributed by atoms with Crippen LogP contribution in [-0.2, 0) is 9.59 Å². The average Bonchev–Trinajstić information content (AvgIpc) is 2.41. The molecule has 2 unspecified atom stereocenters. The summed E-state index contributed by atoms with van der Waals surface area (Å²) in [5, 5.41) is 12.6. The van der Waals surface area contributed by atoms with Crippen molar-refractivity contribution in [3.8, 4) is 0 Å². The van der Waals surface area contributed by atoms with Crippen LogP contribution in [0.4, 0.5) is 0 Å². The largest absolute Gasteiger partial charge is 0.481 e. The van der Waals surface area contributed by atoms with Crippen molar-refractivity contribution < 1.29 is 14.7 Å². The molecule has 0 amide bonds. The van der Waals surface area contributed by atoms with Gasteiger partial charge in [-0.3, -0.25) is 9.59 Å². The molecule has 1 aromatic carbocycles. The van der Waals surface area contributed by atoms with Gasteiger partial charge in [-0.25, -0.2) is 0 Å². The lowest BCUT2D eigenvalue weighted by Gasteiger charge is -2.31. The number of aliphatic carboxylic acids is 1. The molecule has 2 rings (SSSR count). The van der Waals surface area contributed by atoms with Crippen molar-refractivity contribution in [2.75, 3.05) is 0 Å². The lowest BCUT2D eigenvalue weighted by Crippen LogP contribution is -2.45. The van der Waals surface area contributed by atoms with Crippen LogP contribution in [0.25, 0.3) is 0 Å². The number of carbonyl (C=O) groups is 2. The van der Waals surface area contributed by atoms with Gasteiger partial charge in [-0.15, -0.1) is 0 Å². The number of carboxylic acids is 1. The topological polar surface area (TPSA) is 66.4 Å². The Balaban J connectivity index is 2.04. The minimum atomic E-state index is -0.884. The molecular formula is C15H19NO3. The molecule has 1 aliphatic rings. The number of nitrogens with one attached hydrogen (secondary N) is 1. The molecule has 4 nitrogen and oxygen atoms in total. The number of ketones is 1. The average molecular weight is 261 g/mol. The van der Waals surface area contributed by atoms with E-state index in [2.05, 4.69) is 5.32 Å². The van der Waals surface area contributed by atoms with E-state index in [1.54, 1.807) is 0 Å². The normalized spacial score (nSPS) is 25.0. The summed E-state index contributed by atoms with van der Waals surface area (Å²) in [6.07, 6.45) is 1.23. The van der Waals surface area contributed by atoms with Crippen molar-refractivity contribution in [2.45, 2.75) is 38.3 Å². The van der Waals surface area contributed by atoms with E-state index in [1.165, 1.54) is 0 Å². The monoisotopic (exact) mass is 261 g/mol. The van der Waals surface area contributed by atoms with Gasteiger partial charge >= 0.3 is 5.97 Å². The van der Waals surface area contributed by atoms with Crippen molar-refractivity contribution in [3.05, 3.63) is 35.9 Å². The molecule has 102 valence electrons. The minimum absolute atomic E-state index is 0.0535. The highest BCUT2D eigenvalue weighted by Crippen LogP contribution is 2.25. The van der Waals surface area contributed by atoms with E-state index in [4.69, 9.17) is 0 Å². The maximum absolute atomic E-state index is 11.4. The van der Waals surface area contributed by atoms with Crippen LogP contribution in [0, 0.1) is 5.92 Å². The molecule has 2 N–H and O–H groups in total. The minimum Gasteiger partial charge on any atom is -0.481 e. The summed E-state index contributed by atoms with van der Waals surface area (Å²) in [6, 6.07) is 9.86. The van der Waals surface area contributed by atoms with Crippen molar-refractivity contribution in [1.29, 1.82) is 0 Å². The first-order chi connectivity index (χ1) is 9.08. The summed E-state index contributed by atoms with van der Waals surface area (Å²) in [5.41, 5.74) is 1.13. The van der Waals surface area contributed by atoms with Gasteiger partial charge in [0.1, 0.15) is 5.78 Å². The standard InChI is InChI=1S/C15H19NO3/c1-10(11-5-3-2-4-6-11)16-14-8-7-12(17)9-13(14)15(18)19/h2-6,10,13-14,16H,7-9H2,1H3,(H,18,19)/t10-,13?,14?/m0/s1. The fraction of sp³-hybridized carbons (Fsp3) is 0.467. The Labute approximate surface area is 112 Å². The molecule has 1 fully saturated rings. The third kappa shape index (κ3) is 3.41. The molecule has 1 aliphatic carbocycles. The maximum atomic E-state index is 11.4. The molecule has 4 heteroatoms. The lowest BCUT2D eigenvalue weighted by molar-refractivity contribution is -0.146. The van der Waals surface area contributed by atoms with Crippen LogP contribution in [0.15, 0.2) is 30.3 Å². The Bertz CT molecular complexity index is 458. The van der Waals surface area contributed by atoms with Crippen LogP contribution in [0.3, 0.4) is 0 Å². The lowest BCUT2D eigenvalue weighted by atomic mass is 9.83. The second-order valence-corrected chi connectivity index (χ2v) is 5.13. The summed E-state index contributed by atoms with van der Waals surface area (Å²) >= 11 is 0. The third-order valence-electron chi connectivity index (χ3n) is 3.75. The quantitative estimate of drug-likeness (QED) is 0.871. The fourth-order valence-corrected chi connectivity index (χ4v) is 2.63. The summed E-state index contributed by atoms with van der Waals surface area (Å²) in [5.74, 6) is -1.43. The van der Waals surface area contributed by atoms with E-state index >= 15 is 0 Å². The molecule has 0 radical (unpaired) electrons. The molecule has 1 saturated carbocycles. The van der Waals surface area contributed by atoms with Gasteiger partial charge in [-0.1, -0.05) is 30.3 Å². The molecule has 0 saturated heterocycles.